The first kappa shape index (κ1) is 8.97. The third kappa shape index (κ3) is 1.72. The average Bonchev–Trinajstić information content (AvgIpc) is 2.04. The normalized spacial score (nSPS) is 27.8. The SMILES string of the molecule is CC(=O)[C@H]1COC=C[C@H]1C(C)=O. The fourth-order valence-electron chi connectivity index (χ4n) is 1.33. The largest absolute Gasteiger partial charge is 0.501 e. The first-order chi connectivity index (χ1) is 5.63. The van der Waals surface area contributed by atoms with Crippen LogP contribution in [-0.2, 0) is 14.3 Å². The molecule has 0 radical (unpaired) electrons. The molecule has 1 rings (SSSR count). The molecule has 0 aromatic carbocycles. The summed E-state index contributed by atoms with van der Waals surface area (Å²) in [4.78, 5) is 22.1. The molecule has 0 spiro atoms. The number of ether oxygens (including phenoxy) is 1. The summed E-state index contributed by atoms with van der Waals surface area (Å²) >= 11 is 0. The molecule has 0 N–H and O–H groups in total. The van der Waals surface area contributed by atoms with Gasteiger partial charge in [-0.2, -0.15) is 0 Å². The molecular weight excluding hydrogens is 156 g/mol. The average molecular weight is 168 g/mol. The number of rotatable bonds is 2. The summed E-state index contributed by atoms with van der Waals surface area (Å²) in [6.45, 7) is 3.31. The van der Waals surface area contributed by atoms with Gasteiger partial charge in [-0.05, 0) is 19.9 Å². The van der Waals surface area contributed by atoms with E-state index in [2.05, 4.69) is 0 Å². The van der Waals surface area contributed by atoms with Crippen molar-refractivity contribution in [1.29, 1.82) is 0 Å². The van der Waals surface area contributed by atoms with E-state index in [1.165, 1.54) is 20.1 Å². The van der Waals surface area contributed by atoms with Crippen LogP contribution >= 0.6 is 0 Å². The number of hydrogen-bond acceptors (Lipinski definition) is 3. The van der Waals surface area contributed by atoms with E-state index in [-0.39, 0.29) is 23.4 Å². The fraction of sp³-hybridized carbons (Fsp3) is 0.556. The highest BCUT2D eigenvalue weighted by molar-refractivity contribution is 5.89. The van der Waals surface area contributed by atoms with E-state index >= 15 is 0 Å². The van der Waals surface area contributed by atoms with Crippen molar-refractivity contribution in [3.05, 3.63) is 12.3 Å². The summed E-state index contributed by atoms with van der Waals surface area (Å²) in [6, 6.07) is 0. The van der Waals surface area contributed by atoms with Gasteiger partial charge in [0.1, 0.15) is 11.6 Å². The Kier molecular flexibility index (Phi) is 2.63. The van der Waals surface area contributed by atoms with Gasteiger partial charge in [-0.3, -0.25) is 9.59 Å². The second kappa shape index (κ2) is 3.52. The van der Waals surface area contributed by atoms with Crippen LogP contribution in [-0.4, -0.2) is 18.2 Å². The molecule has 12 heavy (non-hydrogen) atoms. The quantitative estimate of drug-likeness (QED) is 0.616. The lowest BCUT2D eigenvalue weighted by molar-refractivity contribution is -0.130. The van der Waals surface area contributed by atoms with Gasteiger partial charge in [0.2, 0.25) is 0 Å². The molecule has 3 heteroatoms. The monoisotopic (exact) mass is 168 g/mol. The Morgan fingerprint density at radius 2 is 2.00 bits per heavy atom. The molecule has 0 saturated carbocycles. The van der Waals surface area contributed by atoms with Crippen molar-refractivity contribution < 1.29 is 14.3 Å². The van der Waals surface area contributed by atoms with Gasteiger partial charge in [0.15, 0.2) is 0 Å². The lowest BCUT2D eigenvalue weighted by Crippen LogP contribution is -2.31. The van der Waals surface area contributed by atoms with E-state index in [4.69, 9.17) is 4.74 Å². The van der Waals surface area contributed by atoms with Gasteiger partial charge in [0.25, 0.3) is 0 Å². The molecule has 0 amide bonds. The van der Waals surface area contributed by atoms with Crippen LogP contribution in [0.5, 0.6) is 0 Å². The molecule has 0 aromatic rings. The maximum atomic E-state index is 11.1. The highest BCUT2D eigenvalue weighted by atomic mass is 16.5. The summed E-state index contributed by atoms with van der Waals surface area (Å²) in [5, 5.41) is 0. The maximum absolute atomic E-state index is 11.1. The summed E-state index contributed by atoms with van der Waals surface area (Å²) in [5.41, 5.74) is 0. The van der Waals surface area contributed by atoms with Crippen LogP contribution in [0, 0.1) is 11.8 Å². The maximum Gasteiger partial charge on any atom is 0.137 e. The molecule has 1 aliphatic rings. The molecular formula is C9H12O3. The van der Waals surface area contributed by atoms with Gasteiger partial charge >= 0.3 is 0 Å². The van der Waals surface area contributed by atoms with E-state index in [9.17, 15) is 9.59 Å². The van der Waals surface area contributed by atoms with Crippen LogP contribution in [0.3, 0.4) is 0 Å². The third-order valence-electron chi connectivity index (χ3n) is 2.08. The van der Waals surface area contributed by atoms with Crippen LogP contribution in [0.2, 0.25) is 0 Å². The predicted octanol–water partition coefficient (Wildman–Crippen LogP) is 0.941. The minimum absolute atomic E-state index is 0.0135. The number of ketones is 2. The molecule has 0 saturated heterocycles. The molecule has 0 aliphatic carbocycles. The Morgan fingerprint density at radius 1 is 1.33 bits per heavy atom. The Morgan fingerprint density at radius 3 is 2.42 bits per heavy atom. The highest BCUT2D eigenvalue weighted by Crippen LogP contribution is 2.20. The van der Waals surface area contributed by atoms with Crippen LogP contribution < -0.4 is 0 Å². The van der Waals surface area contributed by atoms with Crippen molar-refractivity contribution in [2.45, 2.75) is 13.8 Å². The van der Waals surface area contributed by atoms with Crippen molar-refractivity contribution in [3.8, 4) is 0 Å². The Hall–Kier alpha value is -1.12. The Balaban J connectivity index is 2.79. The van der Waals surface area contributed by atoms with E-state index in [0.717, 1.165) is 0 Å². The standard InChI is InChI=1S/C9H12O3/c1-6(10)8-3-4-12-5-9(8)7(2)11/h3-4,8-9H,5H2,1-2H3/t8-,9+/m0/s1. The molecule has 1 aliphatic heterocycles. The fourth-order valence-corrected chi connectivity index (χ4v) is 1.33. The van der Waals surface area contributed by atoms with E-state index < -0.39 is 0 Å². The summed E-state index contributed by atoms with van der Waals surface area (Å²) in [5.74, 6) is -0.530. The zero-order valence-corrected chi connectivity index (χ0v) is 7.24. The number of carbonyl (C=O) groups excluding carboxylic acids is 2. The topological polar surface area (TPSA) is 43.4 Å². The van der Waals surface area contributed by atoms with E-state index in [1.807, 2.05) is 0 Å². The lowest BCUT2D eigenvalue weighted by atomic mass is 9.86. The van der Waals surface area contributed by atoms with Gasteiger partial charge in [-0.15, -0.1) is 0 Å². The van der Waals surface area contributed by atoms with Crippen molar-refractivity contribution in [1.82, 2.24) is 0 Å². The van der Waals surface area contributed by atoms with Crippen molar-refractivity contribution in [2.75, 3.05) is 6.61 Å². The first-order valence-electron chi connectivity index (χ1n) is 3.92. The number of carbonyl (C=O) groups is 2. The zero-order valence-electron chi connectivity index (χ0n) is 7.24. The third-order valence-corrected chi connectivity index (χ3v) is 2.08. The first-order valence-corrected chi connectivity index (χ1v) is 3.92. The van der Waals surface area contributed by atoms with Crippen LogP contribution in [0.25, 0.3) is 0 Å². The molecule has 3 nitrogen and oxygen atoms in total. The molecule has 2 atom stereocenters. The van der Waals surface area contributed by atoms with Crippen LogP contribution in [0.1, 0.15) is 13.8 Å². The number of allylic oxidation sites excluding steroid dienone is 1. The summed E-state index contributed by atoms with van der Waals surface area (Å²) in [7, 11) is 0. The zero-order chi connectivity index (χ0) is 9.14. The Labute approximate surface area is 71.4 Å². The Bertz CT molecular complexity index is 230. The van der Waals surface area contributed by atoms with Gasteiger partial charge in [-0.25, -0.2) is 0 Å². The molecule has 1 heterocycles. The van der Waals surface area contributed by atoms with Gasteiger partial charge in [0.05, 0.1) is 24.7 Å². The summed E-state index contributed by atoms with van der Waals surface area (Å²) in [6.07, 6.45) is 3.14. The number of Topliss-reactive ketones (excluding diaryl/α,β-unsaturated/α-hetero) is 2. The minimum Gasteiger partial charge on any atom is -0.501 e. The molecule has 66 valence electrons. The van der Waals surface area contributed by atoms with Gasteiger partial charge in [-0.1, -0.05) is 0 Å². The minimum atomic E-state index is -0.285. The van der Waals surface area contributed by atoms with E-state index in [1.54, 1.807) is 6.08 Å². The molecule has 0 bridgehead atoms. The van der Waals surface area contributed by atoms with Gasteiger partial charge < -0.3 is 4.74 Å². The lowest BCUT2D eigenvalue weighted by Gasteiger charge is -2.23. The second-order valence-electron chi connectivity index (χ2n) is 3.02. The molecule has 0 fully saturated rings. The van der Waals surface area contributed by atoms with Crippen LogP contribution in [0.4, 0.5) is 0 Å². The van der Waals surface area contributed by atoms with E-state index in [0.29, 0.717) is 6.61 Å². The highest BCUT2D eigenvalue weighted by Gasteiger charge is 2.29. The van der Waals surface area contributed by atoms with Crippen molar-refractivity contribution in [2.24, 2.45) is 11.8 Å². The smallest absolute Gasteiger partial charge is 0.137 e. The van der Waals surface area contributed by atoms with Gasteiger partial charge in [0, 0.05) is 0 Å². The molecule has 0 aromatic heterocycles. The van der Waals surface area contributed by atoms with Crippen LogP contribution in [0.15, 0.2) is 12.3 Å². The van der Waals surface area contributed by atoms with Crippen molar-refractivity contribution in [3.63, 3.8) is 0 Å². The number of hydrogen-bond donors (Lipinski definition) is 0. The molecule has 0 unspecified atom stereocenters. The second-order valence-corrected chi connectivity index (χ2v) is 3.02. The van der Waals surface area contributed by atoms with Crippen molar-refractivity contribution >= 4 is 11.6 Å². The predicted molar refractivity (Wildman–Crippen MR) is 43.4 cm³/mol. The summed E-state index contributed by atoms with van der Waals surface area (Å²) < 4.78 is 4.97.